The SMILES string of the molecule is CCN(C(C)=O)C(C)(C)CC(=O)N1CCCC1. The van der Waals surface area contributed by atoms with Crippen molar-refractivity contribution in [1.29, 1.82) is 0 Å². The van der Waals surface area contributed by atoms with Crippen LogP contribution in [0, 0.1) is 0 Å². The van der Waals surface area contributed by atoms with Crippen LogP contribution >= 0.6 is 0 Å². The van der Waals surface area contributed by atoms with Crippen LogP contribution in [0.25, 0.3) is 0 Å². The van der Waals surface area contributed by atoms with Crippen LogP contribution in [-0.4, -0.2) is 46.8 Å². The number of likely N-dealkylation sites (tertiary alicyclic amines) is 1. The summed E-state index contributed by atoms with van der Waals surface area (Å²) in [6.07, 6.45) is 2.63. The standard InChI is InChI=1S/C13H24N2O2/c1-5-15(11(2)16)13(3,4)10-12(17)14-8-6-7-9-14/h5-10H2,1-4H3. The summed E-state index contributed by atoms with van der Waals surface area (Å²) in [6.45, 7) is 9.84. The lowest BCUT2D eigenvalue weighted by Crippen LogP contribution is -2.49. The molecule has 0 aromatic rings. The van der Waals surface area contributed by atoms with Crippen LogP contribution in [0.1, 0.15) is 47.0 Å². The van der Waals surface area contributed by atoms with E-state index < -0.39 is 0 Å². The Morgan fingerprint density at radius 2 is 1.76 bits per heavy atom. The van der Waals surface area contributed by atoms with Crippen LogP contribution in [0.4, 0.5) is 0 Å². The van der Waals surface area contributed by atoms with Gasteiger partial charge in [-0.2, -0.15) is 0 Å². The largest absolute Gasteiger partial charge is 0.343 e. The summed E-state index contributed by atoms with van der Waals surface area (Å²) in [7, 11) is 0. The Hall–Kier alpha value is -1.06. The summed E-state index contributed by atoms with van der Waals surface area (Å²) in [6, 6.07) is 0. The molecular weight excluding hydrogens is 216 g/mol. The van der Waals surface area contributed by atoms with Crippen molar-refractivity contribution in [1.82, 2.24) is 9.80 Å². The Bertz CT molecular complexity index is 294. The zero-order valence-electron chi connectivity index (χ0n) is 11.5. The van der Waals surface area contributed by atoms with Crippen molar-refractivity contribution in [3.05, 3.63) is 0 Å². The van der Waals surface area contributed by atoms with E-state index in [4.69, 9.17) is 0 Å². The van der Waals surface area contributed by atoms with Crippen molar-refractivity contribution in [3.8, 4) is 0 Å². The van der Waals surface area contributed by atoms with Crippen LogP contribution in [0.5, 0.6) is 0 Å². The monoisotopic (exact) mass is 240 g/mol. The molecule has 1 fully saturated rings. The van der Waals surface area contributed by atoms with Crippen molar-refractivity contribution >= 4 is 11.8 Å². The number of hydrogen-bond acceptors (Lipinski definition) is 2. The molecule has 0 aromatic heterocycles. The first-order valence-electron chi connectivity index (χ1n) is 6.44. The van der Waals surface area contributed by atoms with Gasteiger partial charge in [0.15, 0.2) is 0 Å². The maximum absolute atomic E-state index is 12.1. The maximum Gasteiger partial charge on any atom is 0.224 e. The quantitative estimate of drug-likeness (QED) is 0.749. The van der Waals surface area contributed by atoms with Gasteiger partial charge in [0.2, 0.25) is 11.8 Å². The summed E-state index contributed by atoms with van der Waals surface area (Å²) >= 11 is 0. The van der Waals surface area contributed by atoms with Gasteiger partial charge in [-0.1, -0.05) is 0 Å². The molecule has 0 saturated carbocycles. The third-order valence-corrected chi connectivity index (χ3v) is 3.47. The molecule has 1 rings (SSSR count). The molecule has 4 nitrogen and oxygen atoms in total. The first kappa shape index (κ1) is 14.0. The Morgan fingerprint density at radius 1 is 1.24 bits per heavy atom. The fourth-order valence-corrected chi connectivity index (χ4v) is 2.62. The van der Waals surface area contributed by atoms with Crippen LogP contribution in [0.2, 0.25) is 0 Å². The molecule has 0 atom stereocenters. The number of amides is 2. The number of carbonyl (C=O) groups is 2. The smallest absolute Gasteiger partial charge is 0.224 e. The Kier molecular flexibility index (Phi) is 4.54. The molecule has 17 heavy (non-hydrogen) atoms. The topological polar surface area (TPSA) is 40.6 Å². The minimum atomic E-state index is -0.389. The molecule has 1 saturated heterocycles. The first-order valence-corrected chi connectivity index (χ1v) is 6.44. The van der Waals surface area contributed by atoms with E-state index in [1.54, 1.807) is 11.8 Å². The lowest BCUT2D eigenvalue weighted by molar-refractivity contribution is -0.138. The average molecular weight is 240 g/mol. The second kappa shape index (κ2) is 5.52. The fraction of sp³-hybridized carbons (Fsp3) is 0.846. The van der Waals surface area contributed by atoms with Crippen molar-refractivity contribution < 1.29 is 9.59 Å². The van der Waals surface area contributed by atoms with Gasteiger partial charge in [0, 0.05) is 38.5 Å². The molecule has 1 heterocycles. The molecule has 0 radical (unpaired) electrons. The van der Waals surface area contributed by atoms with Gasteiger partial charge in [-0.05, 0) is 33.6 Å². The maximum atomic E-state index is 12.1. The molecule has 4 heteroatoms. The van der Waals surface area contributed by atoms with E-state index in [1.165, 1.54) is 0 Å². The molecule has 1 aliphatic rings. The van der Waals surface area contributed by atoms with Gasteiger partial charge in [-0.15, -0.1) is 0 Å². The van der Waals surface area contributed by atoms with Crippen molar-refractivity contribution in [2.75, 3.05) is 19.6 Å². The molecule has 1 aliphatic heterocycles. The highest BCUT2D eigenvalue weighted by Crippen LogP contribution is 2.21. The van der Waals surface area contributed by atoms with E-state index in [2.05, 4.69) is 0 Å². The van der Waals surface area contributed by atoms with E-state index in [-0.39, 0.29) is 17.4 Å². The first-order chi connectivity index (χ1) is 7.88. The summed E-state index contributed by atoms with van der Waals surface area (Å²) in [5, 5.41) is 0. The van der Waals surface area contributed by atoms with Gasteiger partial charge >= 0.3 is 0 Å². The summed E-state index contributed by atoms with van der Waals surface area (Å²) < 4.78 is 0. The Morgan fingerprint density at radius 3 is 2.18 bits per heavy atom. The van der Waals surface area contributed by atoms with Gasteiger partial charge < -0.3 is 9.80 Å². The minimum Gasteiger partial charge on any atom is -0.343 e. The fourth-order valence-electron chi connectivity index (χ4n) is 2.62. The number of hydrogen-bond donors (Lipinski definition) is 0. The molecule has 0 bridgehead atoms. The summed E-state index contributed by atoms with van der Waals surface area (Å²) in [4.78, 5) is 27.3. The van der Waals surface area contributed by atoms with E-state index in [1.807, 2.05) is 25.7 Å². The lowest BCUT2D eigenvalue weighted by atomic mass is 9.97. The van der Waals surface area contributed by atoms with Crippen molar-refractivity contribution in [3.63, 3.8) is 0 Å². The Balaban J connectivity index is 2.63. The molecule has 0 unspecified atom stereocenters. The highest BCUT2D eigenvalue weighted by Gasteiger charge is 2.32. The van der Waals surface area contributed by atoms with Crippen LogP contribution in [0.15, 0.2) is 0 Å². The number of nitrogens with zero attached hydrogens (tertiary/aromatic N) is 2. The van der Waals surface area contributed by atoms with E-state index in [0.29, 0.717) is 13.0 Å². The minimum absolute atomic E-state index is 0.0340. The van der Waals surface area contributed by atoms with Gasteiger partial charge in [0.1, 0.15) is 0 Å². The predicted octanol–water partition coefficient (Wildman–Crippen LogP) is 1.65. The van der Waals surface area contributed by atoms with Crippen LogP contribution < -0.4 is 0 Å². The van der Waals surface area contributed by atoms with E-state index >= 15 is 0 Å². The number of carbonyl (C=O) groups excluding carboxylic acids is 2. The number of rotatable bonds is 4. The molecule has 2 amide bonds. The predicted molar refractivity (Wildman–Crippen MR) is 67.6 cm³/mol. The molecule has 0 spiro atoms. The molecule has 0 aromatic carbocycles. The lowest BCUT2D eigenvalue weighted by Gasteiger charge is -2.37. The van der Waals surface area contributed by atoms with Gasteiger partial charge in [0.25, 0.3) is 0 Å². The second-order valence-electron chi connectivity index (χ2n) is 5.34. The van der Waals surface area contributed by atoms with E-state index in [9.17, 15) is 9.59 Å². The van der Waals surface area contributed by atoms with Gasteiger partial charge in [-0.25, -0.2) is 0 Å². The van der Waals surface area contributed by atoms with Crippen LogP contribution in [-0.2, 0) is 9.59 Å². The zero-order chi connectivity index (χ0) is 13.1. The van der Waals surface area contributed by atoms with E-state index in [0.717, 1.165) is 25.9 Å². The van der Waals surface area contributed by atoms with Crippen molar-refractivity contribution in [2.24, 2.45) is 0 Å². The highest BCUT2D eigenvalue weighted by atomic mass is 16.2. The van der Waals surface area contributed by atoms with Crippen molar-refractivity contribution in [2.45, 2.75) is 52.5 Å². The Labute approximate surface area is 104 Å². The van der Waals surface area contributed by atoms with Gasteiger partial charge in [0.05, 0.1) is 0 Å². The molecule has 98 valence electrons. The summed E-state index contributed by atoms with van der Waals surface area (Å²) in [5.74, 6) is 0.207. The molecule has 0 N–H and O–H groups in total. The van der Waals surface area contributed by atoms with Crippen LogP contribution in [0.3, 0.4) is 0 Å². The van der Waals surface area contributed by atoms with Gasteiger partial charge in [-0.3, -0.25) is 9.59 Å². The molecular formula is C13H24N2O2. The third-order valence-electron chi connectivity index (χ3n) is 3.47. The molecule has 0 aliphatic carbocycles. The average Bonchev–Trinajstić information content (AvgIpc) is 2.68. The summed E-state index contributed by atoms with van der Waals surface area (Å²) in [5.41, 5.74) is -0.389. The third kappa shape index (κ3) is 3.45. The zero-order valence-corrected chi connectivity index (χ0v) is 11.5. The normalized spacial score (nSPS) is 16.1. The second-order valence-corrected chi connectivity index (χ2v) is 5.34. The highest BCUT2D eigenvalue weighted by molar-refractivity contribution is 5.80.